The van der Waals surface area contributed by atoms with Gasteiger partial charge in [-0.15, -0.1) is 5.10 Å². The zero-order chi connectivity index (χ0) is 34.5. The van der Waals surface area contributed by atoms with Crippen molar-refractivity contribution in [3.63, 3.8) is 0 Å². The fourth-order valence-corrected chi connectivity index (χ4v) is 7.07. The molecule has 2 N–H and O–H groups in total. The lowest BCUT2D eigenvalue weighted by atomic mass is 9.91. The van der Waals surface area contributed by atoms with Gasteiger partial charge in [-0.2, -0.15) is 17.9 Å². The molecule has 2 aliphatic heterocycles. The SMILES string of the molecule is CC1C(CSc2nnnn2-c2ccccc2)OC(c2ccc(CNC(=O)C3CCCN3C(=O)C(F)(F)F)cc2)OC1c1ccc(CO)cc1. The molecule has 3 heterocycles. The maximum atomic E-state index is 13.0. The third-order valence-corrected chi connectivity index (χ3v) is 9.73. The first-order valence-electron chi connectivity index (χ1n) is 15.8. The minimum absolute atomic E-state index is 0.0696. The van der Waals surface area contributed by atoms with Gasteiger partial charge >= 0.3 is 12.1 Å². The number of para-hydroxylation sites is 1. The summed E-state index contributed by atoms with van der Waals surface area (Å²) >= 11 is 1.47. The largest absolute Gasteiger partial charge is 0.471 e. The number of ether oxygens (including phenoxy) is 2. The lowest BCUT2D eigenvalue weighted by molar-refractivity contribution is -0.268. The summed E-state index contributed by atoms with van der Waals surface area (Å²) in [6.45, 7) is 1.95. The lowest BCUT2D eigenvalue weighted by Gasteiger charge is -2.41. The van der Waals surface area contributed by atoms with E-state index in [1.807, 2.05) is 66.7 Å². The Balaban J connectivity index is 1.15. The number of rotatable bonds is 10. The second kappa shape index (κ2) is 15.1. The van der Waals surface area contributed by atoms with Crippen LogP contribution in [0.25, 0.3) is 5.69 Å². The number of hydrogen-bond acceptors (Lipinski definition) is 9. The van der Waals surface area contributed by atoms with E-state index in [2.05, 4.69) is 27.8 Å². The number of carbonyl (C=O) groups is 2. The van der Waals surface area contributed by atoms with Gasteiger partial charge in [0.15, 0.2) is 6.29 Å². The third kappa shape index (κ3) is 7.96. The number of aliphatic hydroxyl groups excluding tert-OH is 1. The van der Waals surface area contributed by atoms with E-state index in [1.165, 1.54) is 11.8 Å². The van der Waals surface area contributed by atoms with Crippen molar-refractivity contribution in [3.8, 4) is 5.69 Å². The Morgan fingerprint density at radius 1 is 0.980 bits per heavy atom. The minimum Gasteiger partial charge on any atom is -0.392 e. The molecule has 4 aromatic rings. The van der Waals surface area contributed by atoms with Gasteiger partial charge in [0.25, 0.3) is 0 Å². The average Bonchev–Trinajstić information content (AvgIpc) is 3.81. The minimum atomic E-state index is -5.03. The van der Waals surface area contributed by atoms with Crippen LogP contribution in [0.4, 0.5) is 13.2 Å². The number of amides is 2. The van der Waals surface area contributed by atoms with Crippen molar-refractivity contribution in [2.45, 2.75) is 68.8 Å². The summed E-state index contributed by atoms with van der Waals surface area (Å²) in [5, 5.41) is 25.1. The molecule has 0 aliphatic carbocycles. The first-order chi connectivity index (χ1) is 23.6. The Kier molecular flexibility index (Phi) is 10.6. The molecule has 0 radical (unpaired) electrons. The van der Waals surface area contributed by atoms with Gasteiger partial charge in [-0.3, -0.25) is 9.59 Å². The Bertz CT molecular complexity index is 1720. The highest BCUT2D eigenvalue weighted by atomic mass is 32.2. The number of alkyl halides is 3. The van der Waals surface area contributed by atoms with Crippen LogP contribution < -0.4 is 5.32 Å². The molecule has 1 aromatic heterocycles. The fourth-order valence-electron chi connectivity index (χ4n) is 6.01. The molecule has 0 spiro atoms. The standard InChI is InChI=1S/C34H35F3N6O5S/c1-21-28(20-49-33-39-40-41-43(33)26-6-3-2-4-7-26)47-31(48-29(21)24-13-11-23(19-44)12-14-24)25-15-9-22(10-16-25)18-38-30(45)27-8-5-17-42(27)32(46)34(35,36)37/h2-4,6-7,9-16,21,27-29,31,44H,5,8,17-20H2,1H3,(H,38,45). The van der Waals surface area contributed by atoms with E-state index >= 15 is 0 Å². The third-order valence-electron chi connectivity index (χ3n) is 8.72. The monoisotopic (exact) mass is 696 g/mol. The number of aromatic nitrogens is 4. The van der Waals surface area contributed by atoms with Gasteiger partial charge in [-0.25, -0.2) is 0 Å². The summed E-state index contributed by atoms with van der Waals surface area (Å²) in [6, 6.07) is 23.3. The van der Waals surface area contributed by atoms with E-state index in [0.29, 0.717) is 27.8 Å². The zero-order valence-electron chi connectivity index (χ0n) is 26.5. The highest BCUT2D eigenvalue weighted by Gasteiger charge is 2.47. The van der Waals surface area contributed by atoms with Gasteiger partial charge in [-0.1, -0.05) is 85.4 Å². The van der Waals surface area contributed by atoms with Crippen LogP contribution >= 0.6 is 11.8 Å². The van der Waals surface area contributed by atoms with Crippen LogP contribution in [0.5, 0.6) is 0 Å². The summed E-state index contributed by atoms with van der Waals surface area (Å²) in [7, 11) is 0. The summed E-state index contributed by atoms with van der Waals surface area (Å²) < 4.78 is 53.7. The molecule has 2 amide bonds. The molecule has 6 rings (SSSR count). The number of likely N-dealkylation sites (tertiary alicyclic amines) is 1. The van der Waals surface area contributed by atoms with E-state index in [1.54, 1.807) is 16.8 Å². The normalized spacial score (nSPS) is 22.6. The zero-order valence-corrected chi connectivity index (χ0v) is 27.3. The van der Waals surface area contributed by atoms with E-state index in [9.17, 15) is 27.9 Å². The molecule has 49 heavy (non-hydrogen) atoms. The molecule has 0 bridgehead atoms. The predicted molar refractivity (Wildman–Crippen MR) is 172 cm³/mol. The molecule has 258 valence electrons. The average molecular weight is 697 g/mol. The molecule has 11 nitrogen and oxygen atoms in total. The number of carbonyl (C=O) groups excluding carboxylic acids is 2. The number of nitrogens with one attached hydrogen (secondary N) is 1. The smallest absolute Gasteiger partial charge is 0.392 e. The Morgan fingerprint density at radius 2 is 1.67 bits per heavy atom. The Morgan fingerprint density at radius 3 is 2.37 bits per heavy atom. The second-order valence-corrected chi connectivity index (χ2v) is 12.9. The van der Waals surface area contributed by atoms with Crippen LogP contribution in [0.2, 0.25) is 0 Å². The first-order valence-corrected chi connectivity index (χ1v) is 16.8. The van der Waals surface area contributed by atoms with E-state index in [4.69, 9.17) is 9.47 Å². The Labute approximate surface area is 284 Å². The van der Waals surface area contributed by atoms with Crippen molar-refractivity contribution in [2.24, 2.45) is 5.92 Å². The molecule has 0 saturated carbocycles. The van der Waals surface area contributed by atoms with Crippen LogP contribution in [0.1, 0.15) is 54.4 Å². The molecule has 3 aromatic carbocycles. The highest BCUT2D eigenvalue weighted by molar-refractivity contribution is 7.99. The van der Waals surface area contributed by atoms with Gasteiger partial charge in [0.05, 0.1) is 24.5 Å². The summed E-state index contributed by atoms with van der Waals surface area (Å²) in [5.74, 6) is -2.16. The number of nitrogens with zero attached hydrogens (tertiary/aromatic N) is 5. The number of benzene rings is 3. The number of halogens is 3. The summed E-state index contributed by atoms with van der Waals surface area (Å²) in [5.41, 5.74) is 4.01. The Hall–Kier alpha value is -4.31. The molecule has 2 fully saturated rings. The molecular weight excluding hydrogens is 661 g/mol. The van der Waals surface area contributed by atoms with Crippen LogP contribution in [0.15, 0.2) is 84.0 Å². The maximum absolute atomic E-state index is 13.0. The van der Waals surface area contributed by atoms with Crippen LogP contribution in [-0.4, -0.2) is 72.6 Å². The summed E-state index contributed by atoms with van der Waals surface area (Å²) in [4.78, 5) is 25.1. The van der Waals surface area contributed by atoms with Gasteiger partial charge in [0, 0.05) is 30.3 Å². The van der Waals surface area contributed by atoms with Crippen molar-refractivity contribution in [3.05, 3.63) is 101 Å². The van der Waals surface area contributed by atoms with Crippen LogP contribution in [0.3, 0.4) is 0 Å². The van der Waals surface area contributed by atoms with Crippen molar-refractivity contribution >= 4 is 23.6 Å². The van der Waals surface area contributed by atoms with Crippen molar-refractivity contribution < 1.29 is 37.3 Å². The number of hydrogen-bond donors (Lipinski definition) is 2. The predicted octanol–water partition coefficient (Wildman–Crippen LogP) is 4.91. The molecule has 15 heteroatoms. The van der Waals surface area contributed by atoms with Crippen molar-refractivity contribution in [2.75, 3.05) is 12.3 Å². The maximum Gasteiger partial charge on any atom is 0.471 e. The van der Waals surface area contributed by atoms with E-state index in [-0.39, 0.29) is 44.2 Å². The molecule has 2 saturated heterocycles. The first kappa shape index (κ1) is 34.5. The second-order valence-electron chi connectivity index (χ2n) is 12.0. The van der Waals surface area contributed by atoms with Crippen molar-refractivity contribution in [1.82, 2.24) is 30.4 Å². The van der Waals surface area contributed by atoms with Crippen molar-refractivity contribution in [1.29, 1.82) is 0 Å². The van der Waals surface area contributed by atoms with Gasteiger partial charge in [-0.05, 0) is 52.1 Å². The quantitative estimate of drug-likeness (QED) is 0.222. The van der Waals surface area contributed by atoms with Gasteiger partial charge in [0.1, 0.15) is 6.04 Å². The number of tetrazole rings is 1. The van der Waals surface area contributed by atoms with Crippen LogP contribution in [0, 0.1) is 5.92 Å². The highest BCUT2D eigenvalue weighted by Crippen LogP contribution is 2.43. The molecule has 2 aliphatic rings. The molecule has 5 unspecified atom stereocenters. The van der Waals surface area contributed by atoms with E-state index in [0.717, 1.165) is 22.4 Å². The lowest BCUT2D eigenvalue weighted by Crippen LogP contribution is -2.50. The topological polar surface area (TPSA) is 132 Å². The molecular formula is C34H35F3N6O5S. The summed E-state index contributed by atoms with van der Waals surface area (Å²) in [6.07, 6.45) is -5.89. The molecule has 5 atom stereocenters. The van der Waals surface area contributed by atoms with Crippen LogP contribution in [-0.2, 0) is 32.2 Å². The number of aliphatic hydroxyl groups is 1. The van der Waals surface area contributed by atoms with Gasteiger partial charge < -0.3 is 24.8 Å². The van der Waals surface area contributed by atoms with Gasteiger partial charge in [0.2, 0.25) is 11.1 Å². The number of thioether (sulfide) groups is 1. The van der Waals surface area contributed by atoms with E-state index < -0.39 is 30.3 Å². The fraction of sp³-hybridized carbons (Fsp3) is 0.382.